The highest BCUT2D eigenvalue weighted by atomic mass is 19.1. The van der Waals surface area contributed by atoms with E-state index in [0.29, 0.717) is 0 Å². The monoisotopic (exact) mass is 1420 g/mol. The van der Waals surface area contributed by atoms with Crippen molar-refractivity contribution in [1.29, 1.82) is 0 Å². The summed E-state index contributed by atoms with van der Waals surface area (Å²) in [4.78, 5) is 0. The van der Waals surface area contributed by atoms with Gasteiger partial charge < -0.3 is 131 Å². The van der Waals surface area contributed by atoms with Gasteiger partial charge in [-0.1, -0.05) is 0 Å². The molecule has 0 saturated heterocycles. The van der Waals surface area contributed by atoms with E-state index in [-0.39, 0.29) is 0 Å². The van der Waals surface area contributed by atoms with Crippen LogP contribution in [-0.2, 0) is 37.9 Å². The van der Waals surface area contributed by atoms with E-state index < -0.39 is 29.6 Å². The molecular weight excluding hydrogens is 1260 g/mol. The van der Waals surface area contributed by atoms with Crippen LogP contribution in [0, 0.1) is 0 Å². The Hall–Kier alpha value is -0.980. The summed E-state index contributed by atoms with van der Waals surface area (Å²) < 4.78 is 88.7. The fourth-order valence-corrected chi connectivity index (χ4v) is 6.81. The van der Waals surface area contributed by atoms with Gasteiger partial charge in [0.2, 0.25) is 0 Å². The van der Waals surface area contributed by atoms with Crippen molar-refractivity contribution in [2.75, 3.05) is 323 Å². The van der Waals surface area contributed by atoms with E-state index in [9.17, 15) is 17.3 Å². The minimum Gasteiger partial charge on any atom is -0.867 e. The molecule has 0 aliphatic heterocycles. The van der Waals surface area contributed by atoms with Crippen molar-refractivity contribution in [1.82, 2.24) is 0 Å². The molecule has 0 atom stereocenters. The SMILES string of the molecule is CC[N+](C)(CC)CCOC.CC[N+](C)(CC)CCOC.CC[N+](C)(CC)CCOC.CC[N+](C)(CC)CCOC.CC[N+](C)(CC)CCOC.CC[N+](C)(CC)CCOC.CC[N+](C)(CC)CCOC.CC[N+](C)(CC)CCOC.[O-]B([O-])F.[O-]B([O-])F.[O-]B([O-])F.[O-]B([O-])F. The number of rotatable bonds is 40. The highest BCUT2D eigenvalue weighted by molar-refractivity contribution is 6.27. The highest BCUT2D eigenvalue weighted by Crippen LogP contribution is 2.05. The minimum absolute atomic E-state index is 0.873. The van der Waals surface area contributed by atoms with Gasteiger partial charge in [0.05, 0.1) is 214 Å². The molecule has 0 rings (SSSR count). The first-order valence-electron chi connectivity index (χ1n) is 34.8. The molecule has 0 N–H and O–H groups in total. The lowest BCUT2D eigenvalue weighted by Crippen LogP contribution is -2.45. The van der Waals surface area contributed by atoms with E-state index in [1.165, 1.54) is 105 Å². The lowest BCUT2D eigenvalue weighted by molar-refractivity contribution is -0.906. The third-order valence-corrected chi connectivity index (χ3v) is 18.9. The summed E-state index contributed by atoms with van der Waals surface area (Å²) in [6.07, 6.45) is 0. The van der Waals surface area contributed by atoms with Crippen LogP contribution < -0.4 is 40.2 Å². The maximum absolute atomic E-state index is 9.89. The van der Waals surface area contributed by atoms with Crippen molar-refractivity contribution in [2.24, 2.45) is 0 Å². The average Bonchev–Trinajstić information content (AvgIpc) is 2.95. The van der Waals surface area contributed by atoms with Crippen molar-refractivity contribution in [2.45, 2.75) is 111 Å². The van der Waals surface area contributed by atoms with Crippen LogP contribution in [-0.4, -0.2) is 389 Å². The van der Waals surface area contributed by atoms with E-state index in [4.69, 9.17) is 78.1 Å². The van der Waals surface area contributed by atoms with Gasteiger partial charge in [0, 0.05) is 56.9 Å². The maximum atomic E-state index is 9.89. The molecule has 0 fully saturated rings. The summed E-state index contributed by atoms with van der Waals surface area (Å²) in [5.41, 5.74) is 0. The quantitative estimate of drug-likeness (QED) is 0.0430. The van der Waals surface area contributed by atoms with Crippen LogP contribution in [0.15, 0.2) is 0 Å². The van der Waals surface area contributed by atoms with E-state index in [1.54, 1.807) is 56.9 Å². The molecule has 0 spiro atoms. The molecule has 0 heterocycles. The summed E-state index contributed by atoms with van der Waals surface area (Å²) in [5.74, 6) is 0. The third kappa shape index (κ3) is 104. The number of quaternary nitrogens is 8. The number of methoxy groups -OCH3 is 8. The molecule has 24 nitrogen and oxygen atoms in total. The summed E-state index contributed by atoms with van der Waals surface area (Å²) in [5, 5.41) is 66.4. The molecule has 0 aromatic rings. The predicted octanol–water partition coefficient (Wildman–Crippen LogP) is -0.401. The van der Waals surface area contributed by atoms with Crippen LogP contribution in [0.5, 0.6) is 0 Å². The smallest absolute Gasteiger partial charge is 0.121 e. The van der Waals surface area contributed by atoms with Gasteiger partial charge in [-0.3, -0.25) is 0 Å². The van der Waals surface area contributed by atoms with Gasteiger partial charge in [-0.15, -0.1) is 0 Å². The van der Waals surface area contributed by atoms with Crippen molar-refractivity contribution in [3.05, 3.63) is 0 Å². The van der Waals surface area contributed by atoms with E-state index in [1.807, 2.05) is 0 Å². The van der Waals surface area contributed by atoms with E-state index >= 15 is 0 Å². The van der Waals surface area contributed by atoms with Crippen molar-refractivity contribution < 1.29 is 131 Å². The first kappa shape index (κ1) is 122. The Bertz CT molecular complexity index is 1120. The van der Waals surface area contributed by atoms with Crippen LogP contribution in [0.2, 0.25) is 0 Å². The van der Waals surface area contributed by atoms with Crippen LogP contribution in [0.4, 0.5) is 17.3 Å². The number of hydrogen-bond donors (Lipinski definition) is 0. The van der Waals surface area contributed by atoms with Crippen molar-refractivity contribution in [3.8, 4) is 0 Å². The van der Waals surface area contributed by atoms with Crippen LogP contribution in [0.3, 0.4) is 0 Å². The average molecular weight is 1420 g/mol. The maximum Gasteiger partial charge on any atom is 0.121 e. The molecule has 0 aliphatic carbocycles. The molecule has 0 aromatic heterocycles. The summed E-state index contributed by atoms with van der Waals surface area (Å²) >= 11 is 0. The first-order chi connectivity index (χ1) is 44.4. The highest BCUT2D eigenvalue weighted by Gasteiger charge is 2.20. The van der Waals surface area contributed by atoms with E-state index in [0.717, 1.165) is 141 Å². The molecule has 0 unspecified atom stereocenters. The largest absolute Gasteiger partial charge is 0.867 e. The zero-order chi connectivity index (χ0) is 78.6. The summed E-state index contributed by atoms with van der Waals surface area (Å²) in [6.45, 7) is 70.7. The minimum atomic E-state index is -3.17. The Kier molecular flexibility index (Phi) is 105. The van der Waals surface area contributed by atoms with Crippen molar-refractivity contribution in [3.63, 3.8) is 0 Å². The van der Waals surface area contributed by atoms with Gasteiger partial charge in [0.1, 0.15) is 81.9 Å². The second-order valence-electron chi connectivity index (χ2n) is 24.8. The van der Waals surface area contributed by atoms with Crippen LogP contribution in [0.25, 0.3) is 0 Å². The number of hydrogen-bond acceptors (Lipinski definition) is 16. The van der Waals surface area contributed by atoms with Crippen molar-refractivity contribution >= 4 is 29.6 Å². The number of likely N-dealkylation sites (N-methyl/N-ethyl adjacent to an activating group) is 8. The summed E-state index contributed by atoms with van der Waals surface area (Å²) in [6, 6.07) is 0. The molecule has 0 aliphatic rings. The van der Waals surface area contributed by atoms with Gasteiger partial charge in [0.25, 0.3) is 0 Å². The van der Waals surface area contributed by atoms with E-state index in [2.05, 4.69) is 167 Å². The second kappa shape index (κ2) is 83.0. The molecule has 32 heteroatoms. The first-order valence-corrected chi connectivity index (χ1v) is 34.8. The molecule has 0 aromatic carbocycles. The summed E-state index contributed by atoms with van der Waals surface area (Å²) in [7, 11) is 19.5. The lowest BCUT2D eigenvalue weighted by atomic mass is 10.3. The predicted molar refractivity (Wildman–Crippen MR) is 380 cm³/mol. The van der Waals surface area contributed by atoms with Gasteiger partial charge in [-0.2, -0.15) is 0 Å². The molecule has 592 valence electrons. The Morgan fingerprint density at radius 1 is 0.188 bits per heavy atom. The number of halogens is 4. The molecule has 0 radical (unpaired) electrons. The number of nitrogens with zero attached hydrogens (tertiary/aromatic N) is 8. The standard InChI is InChI=1S/8C8H20NO.4BFO2/c8*1-5-9(3,6-2)7-8-10-4;4*2-1(3)4/h8*5-8H2,1-4H3;;;;/q8*+1;4*-2. The van der Waals surface area contributed by atoms with Gasteiger partial charge in [0.15, 0.2) is 0 Å². The fraction of sp³-hybridized carbons (Fsp3) is 1.00. The van der Waals surface area contributed by atoms with Gasteiger partial charge in [-0.25, -0.2) is 0 Å². The van der Waals surface area contributed by atoms with Gasteiger partial charge >= 0.3 is 0 Å². The lowest BCUT2D eigenvalue weighted by Gasteiger charge is -2.31. The normalized spacial score (nSPS) is 11.1. The molecule has 0 saturated carbocycles. The molecule has 0 bridgehead atoms. The Morgan fingerprint density at radius 3 is 0.271 bits per heavy atom. The molecule has 96 heavy (non-hydrogen) atoms. The second-order valence-corrected chi connectivity index (χ2v) is 24.8. The number of ether oxygens (including phenoxy) is 8. The Morgan fingerprint density at radius 2 is 0.240 bits per heavy atom. The van der Waals surface area contributed by atoms with Crippen LogP contribution in [0.1, 0.15) is 111 Å². The molecular formula is C64H160B4F4N8O16. The fourth-order valence-electron chi connectivity index (χ4n) is 6.81. The molecule has 0 amide bonds. The van der Waals surface area contributed by atoms with Gasteiger partial charge in [-0.05, 0) is 111 Å². The zero-order valence-corrected chi connectivity index (χ0v) is 68.6. The Balaban J connectivity index is -0.0000000813. The third-order valence-electron chi connectivity index (χ3n) is 18.9. The Labute approximate surface area is 592 Å². The topological polar surface area (TPSA) is 258 Å². The zero-order valence-electron chi connectivity index (χ0n) is 68.6. The van der Waals surface area contributed by atoms with Crippen LogP contribution >= 0.6 is 0 Å².